The molecule has 0 aromatic carbocycles. The van der Waals surface area contributed by atoms with Crippen molar-refractivity contribution in [2.24, 2.45) is 0 Å². The summed E-state index contributed by atoms with van der Waals surface area (Å²) in [6.07, 6.45) is 11.4. The summed E-state index contributed by atoms with van der Waals surface area (Å²) in [5, 5.41) is 3.33. The van der Waals surface area contributed by atoms with Crippen LogP contribution in [0.4, 0.5) is 0 Å². The van der Waals surface area contributed by atoms with Gasteiger partial charge >= 0.3 is 0 Å². The largest absolute Gasteiger partial charge is 0.373 e. The molecule has 0 atom stereocenters. The zero-order valence-electron chi connectivity index (χ0n) is 19.1. The number of nitrogens with one attached hydrogen (secondary N) is 1. The Morgan fingerprint density at radius 1 is 0.852 bits per heavy atom. The summed E-state index contributed by atoms with van der Waals surface area (Å²) < 4.78 is 6.48. The van der Waals surface area contributed by atoms with Crippen LogP contribution < -0.4 is 5.32 Å². The van der Waals surface area contributed by atoms with Crippen LogP contribution in [0.5, 0.6) is 0 Å². The fourth-order valence-electron chi connectivity index (χ4n) is 3.56. The fourth-order valence-corrected chi connectivity index (χ4v) is 4.47. The predicted molar refractivity (Wildman–Crippen MR) is 122 cm³/mol. The zero-order valence-corrected chi connectivity index (χ0v) is 19.9. The Hall–Kier alpha value is -0.220. The predicted octanol–water partition coefficient (Wildman–Crippen LogP) is 6.74. The molecule has 0 bridgehead atoms. The van der Waals surface area contributed by atoms with Gasteiger partial charge < -0.3 is 10.1 Å². The molecule has 0 rings (SSSR count). The maximum Gasteiger partial charge on any atom is 0.220 e. The van der Waals surface area contributed by atoms with E-state index in [0.29, 0.717) is 13.0 Å². The van der Waals surface area contributed by atoms with Crippen LogP contribution in [0.3, 0.4) is 0 Å². The maximum absolute atomic E-state index is 12.5. The van der Waals surface area contributed by atoms with Crippen molar-refractivity contribution in [2.45, 2.75) is 123 Å². The highest BCUT2D eigenvalue weighted by atomic mass is 32.2. The summed E-state index contributed by atoms with van der Waals surface area (Å²) in [5.41, 5.74) is -0.261. The lowest BCUT2D eigenvalue weighted by molar-refractivity contribution is -0.127. The van der Waals surface area contributed by atoms with Crippen molar-refractivity contribution in [1.29, 1.82) is 0 Å². The van der Waals surface area contributed by atoms with Crippen LogP contribution in [0, 0.1) is 0 Å². The van der Waals surface area contributed by atoms with Crippen LogP contribution in [0.25, 0.3) is 0 Å². The molecule has 27 heavy (non-hydrogen) atoms. The van der Waals surface area contributed by atoms with E-state index in [0.717, 1.165) is 51.4 Å². The van der Waals surface area contributed by atoms with Gasteiger partial charge in [0.05, 0.1) is 17.7 Å². The Balaban J connectivity index is 4.48. The Kier molecular flexibility index (Phi) is 15.5. The number of unbranched alkanes of at least 4 members (excludes halogenated alkanes) is 2. The molecule has 0 aliphatic carbocycles. The van der Waals surface area contributed by atoms with Crippen LogP contribution in [-0.4, -0.2) is 35.2 Å². The lowest BCUT2D eigenvalue weighted by Crippen LogP contribution is -2.53. The highest BCUT2D eigenvalue weighted by Gasteiger charge is 2.33. The Morgan fingerprint density at radius 3 is 2.04 bits per heavy atom. The van der Waals surface area contributed by atoms with Crippen LogP contribution in [0.15, 0.2) is 0 Å². The molecule has 0 unspecified atom stereocenters. The SMILES string of the molecule is CCCSCCCCCC(=O)NC(CC)(CC)COC(CC)(CC)CCC. The molecule has 0 aromatic rings. The normalized spacial score (nSPS) is 12.4. The number of hydrogen-bond acceptors (Lipinski definition) is 3. The minimum Gasteiger partial charge on any atom is -0.373 e. The minimum absolute atomic E-state index is 0.0365. The van der Waals surface area contributed by atoms with Gasteiger partial charge in [0.2, 0.25) is 5.91 Å². The lowest BCUT2D eigenvalue weighted by atomic mass is 9.89. The molecule has 4 heteroatoms. The van der Waals surface area contributed by atoms with Crippen molar-refractivity contribution >= 4 is 17.7 Å². The summed E-state index contributed by atoms with van der Waals surface area (Å²) in [6.45, 7) is 13.8. The molecular formula is C23H47NO2S. The van der Waals surface area contributed by atoms with Gasteiger partial charge in [-0.05, 0) is 62.9 Å². The zero-order chi connectivity index (χ0) is 20.6. The van der Waals surface area contributed by atoms with E-state index in [1.54, 1.807) is 0 Å². The molecule has 162 valence electrons. The number of thioether (sulfide) groups is 1. The molecule has 0 aliphatic rings. The summed E-state index contributed by atoms with van der Waals surface area (Å²) >= 11 is 2.03. The molecule has 0 aliphatic heterocycles. The molecule has 0 spiro atoms. The van der Waals surface area contributed by atoms with Gasteiger partial charge in [-0.25, -0.2) is 0 Å². The number of ether oxygens (including phenoxy) is 1. The molecule has 1 amide bonds. The van der Waals surface area contributed by atoms with Crippen molar-refractivity contribution in [1.82, 2.24) is 5.32 Å². The van der Waals surface area contributed by atoms with Gasteiger partial charge in [-0.15, -0.1) is 0 Å². The van der Waals surface area contributed by atoms with Gasteiger partial charge in [0.25, 0.3) is 0 Å². The van der Waals surface area contributed by atoms with E-state index in [1.807, 2.05) is 11.8 Å². The molecular weight excluding hydrogens is 354 g/mol. The highest BCUT2D eigenvalue weighted by molar-refractivity contribution is 7.99. The van der Waals surface area contributed by atoms with Gasteiger partial charge in [0.1, 0.15) is 0 Å². The molecule has 0 fully saturated rings. The first kappa shape index (κ1) is 26.8. The summed E-state index contributed by atoms with van der Waals surface area (Å²) in [5.74, 6) is 2.67. The molecule has 0 aromatic heterocycles. The van der Waals surface area contributed by atoms with E-state index in [-0.39, 0.29) is 17.0 Å². The van der Waals surface area contributed by atoms with E-state index < -0.39 is 0 Å². The number of rotatable bonds is 18. The van der Waals surface area contributed by atoms with Crippen molar-refractivity contribution in [3.8, 4) is 0 Å². The number of carbonyl (C=O) groups excluding carboxylic acids is 1. The van der Waals surface area contributed by atoms with E-state index in [2.05, 4.69) is 46.9 Å². The lowest BCUT2D eigenvalue weighted by Gasteiger charge is -2.39. The quantitative estimate of drug-likeness (QED) is 0.258. The van der Waals surface area contributed by atoms with E-state index >= 15 is 0 Å². The molecule has 0 radical (unpaired) electrons. The van der Waals surface area contributed by atoms with E-state index in [4.69, 9.17) is 4.74 Å². The standard InChI is InChI=1S/C23H47NO2S/c1-7-17-23(11-5,12-6)26-20-22(9-3,10-4)24-21(25)16-14-13-15-19-27-18-8-2/h7-20H2,1-6H3,(H,24,25). The van der Waals surface area contributed by atoms with Gasteiger partial charge in [0.15, 0.2) is 0 Å². The Labute approximate surface area is 174 Å². The van der Waals surface area contributed by atoms with Gasteiger partial charge in [-0.3, -0.25) is 4.79 Å². The van der Waals surface area contributed by atoms with Gasteiger partial charge in [0, 0.05) is 6.42 Å². The topological polar surface area (TPSA) is 38.3 Å². The first-order chi connectivity index (χ1) is 13.0. The van der Waals surface area contributed by atoms with Crippen molar-refractivity contribution in [3.63, 3.8) is 0 Å². The van der Waals surface area contributed by atoms with Gasteiger partial charge in [-0.1, -0.05) is 54.4 Å². The number of carbonyl (C=O) groups is 1. The minimum atomic E-state index is -0.225. The first-order valence-corrected chi connectivity index (χ1v) is 12.6. The van der Waals surface area contributed by atoms with Gasteiger partial charge in [-0.2, -0.15) is 11.8 Å². The second-order valence-electron chi connectivity index (χ2n) is 7.89. The Morgan fingerprint density at radius 2 is 1.52 bits per heavy atom. The van der Waals surface area contributed by atoms with Crippen LogP contribution in [-0.2, 0) is 9.53 Å². The van der Waals surface area contributed by atoms with Crippen LogP contribution in [0.1, 0.15) is 112 Å². The van der Waals surface area contributed by atoms with E-state index in [1.165, 1.54) is 24.3 Å². The average molecular weight is 402 g/mol. The van der Waals surface area contributed by atoms with Crippen LogP contribution >= 0.6 is 11.8 Å². The molecule has 1 N–H and O–H groups in total. The monoisotopic (exact) mass is 401 g/mol. The Bertz CT molecular complexity index is 365. The second-order valence-corrected chi connectivity index (χ2v) is 9.11. The third-order valence-electron chi connectivity index (χ3n) is 5.95. The fraction of sp³-hybridized carbons (Fsp3) is 0.957. The summed E-state index contributed by atoms with van der Waals surface area (Å²) in [7, 11) is 0. The third kappa shape index (κ3) is 10.8. The molecule has 3 nitrogen and oxygen atoms in total. The highest BCUT2D eigenvalue weighted by Crippen LogP contribution is 2.29. The van der Waals surface area contributed by atoms with Crippen molar-refractivity contribution in [3.05, 3.63) is 0 Å². The van der Waals surface area contributed by atoms with Crippen molar-refractivity contribution < 1.29 is 9.53 Å². The average Bonchev–Trinajstić information content (AvgIpc) is 2.69. The first-order valence-electron chi connectivity index (χ1n) is 11.5. The molecule has 0 saturated carbocycles. The number of amides is 1. The smallest absolute Gasteiger partial charge is 0.220 e. The molecule has 0 saturated heterocycles. The third-order valence-corrected chi connectivity index (χ3v) is 7.22. The van der Waals surface area contributed by atoms with Crippen LogP contribution in [0.2, 0.25) is 0 Å². The second kappa shape index (κ2) is 15.7. The molecule has 0 heterocycles. The summed E-state index contributed by atoms with van der Waals surface area (Å²) in [4.78, 5) is 12.5. The van der Waals surface area contributed by atoms with Crippen molar-refractivity contribution in [2.75, 3.05) is 18.1 Å². The maximum atomic E-state index is 12.5. The van der Waals surface area contributed by atoms with E-state index in [9.17, 15) is 4.79 Å². The summed E-state index contributed by atoms with van der Waals surface area (Å²) in [6, 6.07) is 0. The number of hydrogen-bond donors (Lipinski definition) is 1.